The fourth-order valence-corrected chi connectivity index (χ4v) is 5.69. The van der Waals surface area contributed by atoms with Crippen molar-refractivity contribution in [1.29, 1.82) is 0 Å². The maximum Gasteiger partial charge on any atom is 0.299 e. The molecule has 1 saturated carbocycles. The Morgan fingerprint density at radius 3 is 1.91 bits per heavy atom. The van der Waals surface area contributed by atoms with Gasteiger partial charge in [-0.05, 0) is 27.7 Å². The normalized spacial score (nSPS) is 43.6. The molecule has 3 aliphatic rings. The third-order valence-electron chi connectivity index (χ3n) is 7.47. The highest BCUT2D eigenvalue weighted by atomic mass is 16.7. The molecule has 0 aromatic heterocycles. The van der Waals surface area contributed by atoms with Gasteiger partial charge in [0.1, 0.15) is 0 Å². The largest absolute Gasteiger partial charge is 0.558 e. The van der Waals surface area contributed by atoms with Crippen molar-refractivity contribution in [2.75, 3.05) is 27.1 Å². The van der Waals surface area contributed by atoms with Crippen LogP contribution in [0.15, 0.2) is 0 Å². The van der Waals surface area contributed by atoms with Gasteiger partial charge in [0.2, 0.25) is 0 Å². The van der Waals surface area contributed by atoms with E-state index in [1.807, 2.05) is 0 Å². The molecule has 3 atom stereocenters. The van der Waals surface area contributed by atoms with Gasteiger partial charge >= 0.3 is 0 Å². The summed E-state index contributed by atoms with van der Waals surface area (Å²) >= 11 is 0. The van der Waals surface area contributed by atoms with E-state index in [0.29, 0.717) is 0 Å². The highest BCUT2D eigenvalue weighted by Crippen LogP contribution is 2.67. The first kappa shape index (κ1) is 18.2. The summed E-state index contributed by atoms with van der Waals surface area (Å²) in [4.78, 5) is 0. The van der Waals surface area contributed by atoms with Crippen LogP contribution < -0.4 is 0 Å². The van der Waals surface area contributed by atoms with E-state index >= 15 is 0 Å². The van der Waals surface area contributed by atoms with Gasteiger partial charge in [-0.25, -0.2) is 0 Å². The van der Waals surface area contributed by atoms with E-state index in [0.717, 1.165) is 22.8 Å². The van der Waals surface area contributed by atoms with Crippen LogP contribution in [0.2, 0.25) is 5.31 Å². The smallest absolute Gasteiger partial charge is 0.299 e. The second-order valence-electron chi connectivity index (χ2n) is 10.1. The first-order valence-corrected chi connectivity index (χ1v) is 8.72. The topological polar surface area (TPSA) is 50.0 Å². The summed E-state index contributed by atoms with van der Waals surface area (Å²) in [6.45, 7) is 13.7. The van der Waals surface area contributed by atoms with E-state index in [1.54, 1.807) is 0 Å². The molecule has 1 aliphatic carbocycles. The number of fused-ring (bicyclic) bond motifs is 2. The lowest BCUT2D eigenvalue weighted by Gasteiger charge is -2.61. The van der Waals surface area contributed by atoms with Crippen molar-refractivity contribution in [2.24, 2.45) is 11.8 Å². The first-order chi connectivity index (χ1) is 9.34. The molecule has 3 fully saturated rings. The second kappa shape index (κ2) is 4.72. The van der Waals surface area contributed by atoms with Crippen LogP contribution in [0.5, 0.6) is 0 Å². The molecule has 0 amide bonds. The van der Waals surface area contributed by atoms with Crippen LogP contribution in [0.3, 0.4) is 0 Å². The number of nitrogens with zero attached hydrogens (tertiary/aromatic N) is 1. The Labute approximate surface area is 136 Å². The molecule has 4 nitrogen and oxygen atoms in total. The number of quaternary nitrogens is 1. The number of hydrogen-bond donors (Lipinski definition) is 0. The molecule has 130 valence electrons. The minimum Gasteiger partial charge on any atom is -0.558 e. The lowest BCUT2D eigenvalue weighted by molar-refractivity contribution is -0.884. The van der Waals surface area contributed by atoms with Gasteiger partial charge in [0.05, 0.1) is 20.6 Å². The molecular weight excluding hydrogens is 277 g/mol. The Balaban J connectivity index is 0.00000176. The van der Waals surface area contributed by atoms with E-state index in [-0.39, 0.29) is 22.0 Å². The van der Waals surface area contributed by atoms with E-state index in [2.05, 4.69) is 55.6 Å². The molecule has 3 rings (SSSR count). The zero-order valence-electron chi connectivity index (χ0n) is 15.8. The van der Waals surface area contributed by atoms with Gasteiger partial charge in [-0.1, -0.05) is 37.9 Å². The Morgan fingerprint density at radius 1 is 1.00 bits per heavy atom. The van der Waals surface area contributed by atoms with Gasteiger partial charge < -0.3 is 19.3 Å². The van der Waals surface area contributed by atoms with Crippen molar-refractivity contribution in [3.63, 3.8) is 0 Å². The maximum atomic E-state index is 6.82. The van der Waals surface area contributed by atoms with Crippen molar-refractivity contribution in [3.8, 4) is 0 Å². The minimum atomic E-state index is -1.25. The maximum absolute atomic E-state index is 6.82. The van der Waals surface area contributed by atoms with Crippen LogP contribution in [-0.2, 0) is 9.31 Å². The molecule has 0 aromatic carbocycles. The van der Waals surface area contributed by atoms with E-state index in [9.17, 15) is 0 Å². The molecule has 2 aliphatic heterocycles. The third kappa shape index (κ3) is 2.20. The van der Waals surface area contributed by atoms with Crippen LogP contribution in [0, 0.1) is 11.8 Å². The quantitative estimate of drug-likeness (QED) is 0.510. The molecule has 0 bridgehead atoms. The van der Waals surface area contributed by atoms with Crippen LogP contribution in [0.4, 0.5) is 0 Å². The Kier molecular flexibility index (Phi) is 3.91. The first-order valence-electron chi connectivity index (χ1n) is 8.72. The minimum absolute atomic E-state index is 0. The molecule has 1 spiro atoms. The summed E-state index contributed by atoms with van der Waals surface area (Å²) in [5.74, 6) is 1.50. The Morgan fingerprint density at radius 2 is 1.50 bits per heavy atom. The van der Waals surface area contributed by atoms with E-state index in [4.69, 9.17) is 9.31 Å². The predicted octanol–water partition coefficient (Wildman–Crippen LogP) is 2.64. The molecule has 2 heterocycles. The lowest BCUT2D eigenvalue weighted by Crippen LogP contribution is -2.64. The lowest BCUT2D eigenvalue weighted by atomic mass is 9.28. The average molecular weight is 313 g/mol. The van der Waals surface area contributed by atoms with Gasteiger partial charge in [0, 0.05) is 23.6 Å². The van der Waals surface area contributed by atoms with Gasteiger partial charge in [0.25, 0.3) is 6.55 Å². The molecule has 2 saturated heterocycles. The molecule has 22 heavy (non-hydrogen) atoms. The predicted molar refractivity (Wildman–Crippen MR) is 91.8 cm³/mol. The van der Waals surface area contributed by atoms with E-state index < -0.39 is 6.55 Å². The van der Waals surface area contributed by atoms with Crippen molar-refractivity contribution in [2.45, 2.75) is 70.9 Å². The van der Waals surface area contributed by atoms with Gasteiger partial charge in [-0.3, -0.25) is 0 Å². The van der Waals surface area contributed by atoms with Crippen molar-refractivity contribution >= 4 is 6.55 Å². The van der Waals surface area contributed by atoms with Gasteiger partial charge in [-0.15, -0.1) is 0 Å². The van der Waals surface area contributed by atoms with Gasteiger partial charge in [-0.2, -0.15) is 0 Å². The van der Waals surface area contributed by atoms with Crippen LogP contribution in [0.25, 0.3) is 0 Å². The molecule has 0 radical (unpaired) electrons. The summed E-state index contributed by atoms with van der Waals surface area (Å²) < 4.78 is 14.6. The zero-order chi connectivity index (χ0) is 15.9. The zero-order valence-corrected chi connectivity index (χ0v) is 15.8. The Hall–Kier alpha value is -0.0951. The molecule has 2 N–H and O–H groups in total. The van der Waals surface area contributed by atoms with Crippen LogP contribution in [-0.4, -0.2) is 54.8 Å². The van der Waals surface area contributed by atoms with Crippen LogP contribution in [0.1, 0.15) is 54.4 Å². The van der Waals surface area contributed by atoms with E-state index in [1.165, 1.54) is 19.4 Å². The van der Waals surface area contributed by atoms with Crippen LogP contribution >= 0.6 is 0 Å². The standard InChI is InChI=1S/C17H34BNO2.H2O/c1-13-11-19(7,8)12-18(17(6)10-9-14(13)17)20-15(2,3)16(4,5)21-18;/h13-14H,9-12H2,1-8H3;1H2/t13-,14-,17-;/m0./s1. The van der Waals surface area contributed by atoms with Gasteiger partial charge in [0.15, 0.2) is 0 Å². The molecule has 5 heteroatoms. The Bertz CT molecular complexity index is 447. The molecule has 0 unspecified atom stereocenters. The molecule has 0 aromatic rings. The second-order valence-corrected chi connectivity index (χ2v) is 10.1. The summed E-state index contributed by atoms with van der Waals surface area (Å²) in [7, 11) is 4.69. The summed E-state index contributed by atoms with van der Waals surface area (Å²) in [6, 6.07) is 0. The van der Waals surface area contributed by atoms with Crippen molar-refractivity contribution in [3.05, 3.63) is 0 Å². The summed E-state index contributed by atoms with van der Waals surface area (Å²) in [6.07, 6.45) is 3.62. The third-order valence-corrected chi connectivity index (χ3v) is 7.47. The monoisotopic (exact) mass is 313 g/mol. The number of hydrogen-bond acceptors (Lipinski definition) is 2. The summed E-state index contributed by atoms with van der Waals surface area (Å²) in [5, 5.41) is 0.219. The highest BCUT2D eigenvalue weighted by molar-refractivity contribution is 6.71. The van der Waals surface area contributed by atoms with Crippen molar-refractivity contribution in [1.82, 2.24) is 0 Å². The van der Waals surface area contributed by atoms with Crippen molar-refractivity contribution < 1.29 is 19.3 Å². The average Bonchev–Trinajstić information content (AvgIpc) is 2.37. The fourth-order valence-electron chi connectivity index (χ4n) is 5.69. The summed E-state index contributed by atoms with van der Waals surface area (Å²) in [5.41, 5.74) is -0.437. The number of rotatable bonds is 0. The highest BCUT2D eigenvalue weighted by Gasteiger charge is 2.67. The fraction of sp³-hybridized carbons (Fsp3) is 1.00. The SMILES string of the molecule is C[C@H]1C[N+](C)(C)C[B-]2(OC(C)(C)C(C)(C)O2)[C@@]2(C)CC[C@@H]12.O. The molecular formula is C17H36BNO3.